The Morgan fingerprint density at radius 1 is 1.48 bits per heavy atom. The number of piperidine rings is 1. The van der Waals surface area contributed by atoms with Crippen LogP contribution in [0.3, 0.4) is 0 Å². The standard InChI is InChI=1S/C16H26N4O/c1-4-6-13-9-12(10-14(18-13)19-17)15(21)20-8-5-7-16(2,3)11-20/h9-10H,4-8,11,17H2,1-3H3,(H,18,19). The Bertz CT molecular complexity index is 513. The Hall–Kier alpha value is -1.62. The third-order valence-electron chi connectivity index (χ3n) is 3.97. The Morgan fingerprint density at radius 3 is 2.86 bits per heavy atom. The molecule has 5 heteroatoms. The largest absolute Gasteiger partial charge is 0.338 e. The number of pyridine rings is 1. The maximum atomic E-state index is 12.7. The van der Waals surface area contributed by atoms with E-state index < -0.39 is 0 Å². The highest BCUT2D eigenvalue weighted by Crippen LogP contribution is 2.29. The van der Waals surface area contributed by atoms with Crippen LogP contribution in [0.1, 0.15) is 56.1 Å². The zero-order valence-electron chi connectivity index (χ0n) is 13.3. The number of nitrogens with two attached hydrogens (primary N) is 1. The number of carbonyl (C=O) groups excluding carboxylic acids is 1. The van der Waals surface area contributed by atoms with Crippen LogP contribution >= 0.6 is 0 Å². The van der Waals surface area contributed by atoms with Crippen molar-refractivity contribution < 1.29 is 4.79 Å². The second kappa shape index (κ2) is 6.43. The van der Waals surface area contributed by atoms with E-state index in [0.29, 0.717) is 11.4 Å². The van der Waals surface area contributed by atoms with Crippen molar-refractivity contribution in [2.75, 3.05) is 18.5 Å². The van der Waals surface area contributed by atoms with E-state index in [2.05, 4.69) is 31.2 Å². The summed E-state index contributed by atoms with van der Waals surface area (Å²) in [5.74, 6) is 6.11. The molecule has 0 aromatic carbocycles. The van der Waals surface area contributed by atoms with Crippen molar-refractivity contribution in [3.8, 4) is 0 Å². The van der Waals surface area contributed by atoms with E-state index >= 15 is 0 Å². The van der Waals surface area contributed by atoms with Crippen LogP contribution in [0.5, 0.6) is 0 Å². The van der Waals surface area contributed by atoms with Crippen molar-refractivity contribution in [3.63, 3.8) is 0 Å². The molecule has 2 rings (SSSR count). The van der Waals surface area contributed by atoms with E-state index in [0.717, 1.165) is 38.0 Å². The molecule has 1 aliphatic rings. The van der Waals surface area contributed by atoms with Gasteiger partial charge in [0.15, 0.2) is 0 Å². The summed E-state index contributed by atoms with van der Waals surface area (Å²) in [6.45, 7) is 8.17. The predicted molar refractivity (Wildman–Crippen MR) is 85.0 cm³/mol. The van der Waals surface area contributed by atoms with Crippen LogP contribution in [0.2, 0.25) is 0 Å². The highest BCUT2D eigenvalue weighted by Gasteiger charge is 2.29. The molecule has 3 N–H and O–H groups in total. The minimum absolute atomic E-state index is 0.0824. The molecule has 1 amide bonds. The van der Waals surface area contributed by atoms with E-state index in [9.17, 15) is 4.79 Å². The number of aryl methyl sites for hydroxylation is 1. The Morgan fingerprint density at radius 2 is 2.24 bits per heavy atom. The molecule has 0 saturated carbocycles. The number of nitrogens with one attached hydrogen (secondary N) is 1. The number of anilines is 1. The molecule has 5 nitrogen and oxygen atoms in total. The zero-order valence-corrected chi connectivity index (χ0v) is 13.3. The van der Waals surface area contributed by atoms with Crippen LogP contribution in [-0.2, 0) is 6.42 Å². The maximum absolute atomic E-state index is 12.7. The molecule has 1 aromatic heterocycles. The fourth-order valence-electron chi connectivity index (χ4n) is 2.95. The highest BCUT2D eigenvalue weighted by molar-refractivity contribution is 5.95. The minimum Gasteiger partial charge on any atom is -0.338 e. The number of hydrazine groups is 1. The van der Waals surface area contributed by atoms with Gasteiger partial charge in [-0.25, -0.2) is 10.8 Å². The molecule has 0 radical (unpaired) electrons. The molecule has 0 unspecified atom stereocenters. The topological polar surface area (TPSA) is 71.2 Å². The predicted octanol–water partition coefficient (Wildman–Crippen LogP) is 2.58. The number of nitrogens with zero attached hydrogens (tertiary/aromatic N) is 2. The Balaban J connectivity index is 2.23. The number of aromatic nitrogens is 1. The lowest BCUT2D eigenvalue weighted by molar-refractivity contribution is 0.0583. The van der Waals surface area contributed by atoms with Crippen LogP contribution in [0.15, 0.2) is 12.1 Å². The molecule has 0 aliphatic carbocycles. The number of rotatable bonds is 4. The van der Waals surface area contributed by atoms with Gasteiger partial charge in [-0.1, -0.05) is 27.2 Å². The van der Waals surface area contributed by atoms with Gasteiger partial charge < -0.3 is 10.3 Å². The lowest BCUT2D eigenvalue weighted by atomic mass is 9.84. The highest BCUT2D eigenvalue weighted by atomic mass is 16.2. The Kier molecular flexibility index (Phi) is 4.83. The van der Waals surface area contributed by atoms with Gasteiger partial charge in [0.05, 0.1) is 0 Å². The molecular formula is C16H26N4O. The summed E-state index contributed by atoms with van der Waals surface area (Å²) in [4.78, 5) is 19.1. The van der Waals surface area contributed by atoms with Crippen LogP contribution in [0.25, 0.3) is 0 Å². The van der Waals surface area contributed by atoms with E-state index in [4.69, 9.17) is 5.84 Å². The van der Waals surface area contributed by atoms with Crippen molar-refractivity contribution in [3.05, 3.63) is 23.4 Å². The van der Waals surface area contributed by atoms with Gasteiger partial charge in [-0.15, -0.1) is 0 Å². The number of hydrogen-bond donors (Lipinski definition) is 2. The summed E-state index contributed by atoms with van der Waals surface area (Å²) in [7, 11) is 0. The van der Waals surface area contributed by atoms with Crippen molar-refractivity contribution in [2.45, 2.75) is 46.5 Å². The van der Waals surface area contributed by atoms with Crippen molar-refractivity contribution >= 4 is 11.7 Å². The summed E-state index contributed by atoms with van der Waals surface area (Å²) in [5.41, 5.74) is 4.34. The zero-order chi connectivity index (χ0) is 15.5. The van der Waals surface area contributed by atoms with E-state index in [-0.39, 0.29) is 11.3 Å². The molecule has 1 aromatic rings. The third kappa shape index (κ3) is 3.94. The molecule has 0 atom stereocenters. The van der Waals surface area contributed by atoms with Gasteiger partial charge in [-0.2, -0.15) is 0 Å². The smallest absolute Gasteiger partial charge is 0.254 e. The summed E-state index contributed by atoms with van der Waals surface area (Å²) < 4.78 is 0. The molecule has 0 bridgehead atoms. The van der Waals surface area contributed by atoms with Gasteiger partial charge in [0.1, 0.15) is 5.82 Å². The van der Waals surface area contributed by atoms with Gasteiger partial charge in [0.2, 0.25) is 0 Å². The first-order valence-corrected chi connectivity index (χ1v) is 7.72. The minimum atomic E-state index is 0.0824. The van der Waals surface area contributed by atoms with Crippen LogP contribution in [0.4, 0.5) is 5.82 Å². The van der Waals surface area contributed by atoms with Crippen LogP contribution in [-0.4, -0.2) is 28.9 Å². The first-order valence-electron chi connectivity index (χ1n) is 7.72. The molecule has 1 saturated heterocycles. The van der Waals surface area contributed by atoms with Gasteiger partial charge in [0, 0.05) is 24.3 Å². The molecule has 1 fully saturated rings. The van der Waals surface area contributed by atoms with Gasteiger partial charge in [-0.05, 0) is 36.8 Å². The molecule has 21 heavy (non-hydrogen) atoms. The summed E-state index contributed by atoms with van der Waals surface area (Å²) in [5, 5.41) is 0. The first kappa shape index (κ1) is 15.8. The normalized spacial score (nSPS) is 17.6. The molecular weight excluding hydrogens is 264 g/mol. The molecule has 1 aliphatic heterocycles. The number of likely N-dealkylation sites (tertiary alicyclic amines) is 1. The second-order valence-corrected chi connectivity index (χ2v) is 6.62. The lowest BCUT2D eigenvalue weighted by Crippen LogP contribution is -2.43. The van der Waals surface area contributed by atoms with Crippen LogP contribution in [0, 0.1) is 5.41 Å². The monoisotopic (exact) mass is 290 g/mol. The summed E-state index contributed by atoms with van der Waals surface area (Å²) in [6.07, 6.45) is 4.07. The SMILES string of the molecule is CCCc1cc(C(=O)N2CCCC(C)(C)C2)cc(NN)n1. The summed E-state index contributed by atoms with van der Waals surface area (Å²) >= 11 is 0. The van der Waals surface area contributed by atoms with Crippen molar-refractivity contribution in [1.82, 2.24) is 9.88 Å². The first-order chi connectivity index (χ1) is 9.95. The van der Waals surface area contributed by atoms with E-state index in [1.165, 1.54) is 6.42 Å². The fourth-order valence-corrected chi connectivity index (χ4v) is 2.95. The van der Waals surface area contributed by atoms with Crippen molar-refractivity contribution in [2.24, 2.45) is 11.3 Å². The van der Waals surface area contributed by atoms with E-state index in [1.807, 2.05) is 11.0 Å². The number of nitrogen functional groups attached to an aromatic ring is 1. The third-order valence-corrected chi connectivity index (χ3v) is 3.97. The quantitative estimate of drug-likeness (QED) is 0.660. The maximum Gasteiger partial charge on any atom is 0.254 e. The summed E-state index contributed by atoms with van der Waals surface area (Å²) in [6, 6.07) is 3.64. The van der Waals surface area contributed by atoms with Crippen LogP contribution < -0.4 is 11.3 Å². The number of hydrogen-bond acceptors (Lipinski definition) is 4. The molecule has 116 valence electrons. The molecule has 0 spiro atoms. The average molecular weight is 290 g/mol. The Labute approximate surface area is 126 Å². The fraction of sp³-hybridized carbons (Fsp3) is 0.625. The van der Waals surface area contributed by atoms with Gasteiger partial charge >= 0.3 is 0 Å². The lowest BCUT2D eigenvalue weighted by Gasteiger charge is -2.38. The van der Waals surface area contributed by atoms with Gasteiger partial charge in [-0.3, -0.25) is 4.79 Å². The van der Waals surface area contributed by atoms with E-state index in [1.54, 1.807) is 6.07 Å². The number of amides is 1. The average Bonchev–Trinajstić information content (AvgIpc) is 2.45. The van der Waals surface area contributed by atoms with Gasteiger partial charge in [0.25, 0.3) is 5.91 Å². The van der Waals surface area contributed by atoms with Crippen molar-refractivity contribution in [1.29, 1.82) is 0 Å². The molecule has 2 heterocycles. The second-order valence-electron chi connectivity index (χ2n) is 6.62. The number of carbonyl (C=O) groups is 1.